The van der Waals surface area contributed by atoms with Gasteiger partial charge >= 0.3 is 6.09 Å². The van der Waals surface area contributed by atoms with E-state index in [1.165, 1.54) is 9.21 Å². The normalized spacial score (nSPS) is 16.7. The highest BCUT2D eigenvalue weighted by atomic mass is 32.2. The Bertz CT molecular complexity index is 1370. The van der Waals surface area contributed by atoms with Crippen LogP contribution < -0.4 is 4.31 Å². The number of imide groups is 1. The van der Waals surface area contributed by atoms with Gasteiger partial charge in [-0.3, -0.25) is 23.0 Å². The summed E-state index contributed by atoms with van der Waals surface area (Å²) in [5.41, 5.74) is 2.03. The molecule has 3 amide bonds. The van der Waals surface area contributed by atoms with E-state index in [0.29, 0.717) is 48.1 Å². The molecule has 0 aromatic heterocycles. The third-order valence-corrected chi connectivity index (χ3v) is 7.73. The van der Waals surface area contributed by atoms with Crippen molar-refractivity contribution in [2.75, 3.05) is 24.0 Å². The van der Waals surface area contributed by atoms with Gasteiger partial charge in [-0.25, -0.2) is 4.79 Å². The third kappa shape index (κ3) is 4.58. The smallest absolute Gasteiger partial charge is 0.409 e. The first-order valence-corrected chi connectivity index (χ1v) is 13.2. The van der Waals surface area contributed by atoms with Crippen LogP contribution in [0.1, 0.15) is 46.0 Å². The Morgan fingerprint density at radius 1 is 0.973 bits per heavy atom. The Hall–Kier alpha value is -3.76. The summed E-state index contributed by atoms with van der Waals surface area (Å²) in [6.07, 6.45) is 0.550. The number of ether oxygens (including phenoxy) is 1. The fraction of sp³-hybridized carbons (Fsp3) is 0.296. The number of nitrogens with zero attached hydrogens (tertiary/aromatic N) is 3. The van der Waals surface area contributed by atoms with Crippen molar-refractivity contribution in [2.24, 2.45) is 0 Å². The summed E-state index contributed by atoms with van der Waals surface area (Å²) in [4.78, 5) is 40.7. The molecule has 1 saturated heterocycles. The number of amides is 3. The summed E-state index contributed by atoms with van der Waals surface area (Å²) in [5, 5.41) is 1.46. The van der Waals surface area contributed by atoms with Crippen LogP contribution in [-0.4, -0.2) is 62.2 Å². The fourth-order valence-corrected chi connectivity index (χ4v) is 5.90. The minimum atomic E-state index is -2.55. The second kappa shape index (κ2) is 10.3. The van der Waals surface area contributed by atoms with Gasteiger partial charge in [0.15, 0.2) is 0 Å². The van der Waals surface area contributed by atoms with Crippen LogP contribution in [0.5, 0.6) is 0 Å². The number of benzene rings is 3. The molecule has 192 valence electrons. The lowest BCUT2D eigenvalue weighted by atomic mass is 10.00. The molecule has 1 fully saturated rings. The summed E-state index contributed by atoms with van der Waals surface area (Å²) in [6, 6.07) is 17.3. The van der Waals surface area contributed by atoms with Crippen molar-refractivity contribution in [3.05, 3.63) is 77.4 Å². The molecule has 0 saturated carbocycles. The van der Waals surface area contributed by atoms with E-state index in [9.17, 15) is 23.1 Å². The van der Waals surface area contributed by atoms with Crippen LogP contribution in [0.25, 0.3) is 10.8 Å². The van der Waals surface area contributed by atoms with Gasteiger partial charge in [-0.15, -0.1) is 0 Å². The van der Waals surface area contributed by atoms with Gasteiger partial charge in [-0.2, -0.15) is 0 Å². The molecular formula is C27H26N3O6S-. The zero-order valence-electron chi connectivity index (χ0n) is 20.3. The van der Waals surface area contributed by atoms with Gasteiger partial charge < -0.3 is 14.2 Å². The molecule has 9 nitrogen and oxygen atoms in total. The molecule has 10 heteroatoms. The van der Waals surface area contributed by atoms with Crippen LogP contribution in [-0.2, 0) is 22.5 Å². The first-order valence-electron chi connectivity index (χ1n) is 12.2. The van der Waals surface area contributed by atoms with Gasteiger partial charge in [0.25, 0.3) is 11.8 Å². The predicted octanol–water partition coefficient (Wildman–Crippen LogP) is 3.86. The first-order chi connectivity index (χ1) is 17.9. The molecule has 2 heterocycles. The van der Waals surface area contributed by atoms with Crippen molar-refractivity contribution < 1.29 is 27.9 Å². The zero-order chi connectivity index (χ0) is 26.1. The predicted molar refractivity (Wildman–Crippen MR) is 138 cm³/mol. The van der Waals surface area contributed by atoms with Crippen LogP contribution >= 0.6 is 0 Å². The summed E-state index contributed by atoms with van der Waals surface area (Å²) in [6.45, 7) is 2.90. The molecule has 0 N–H and O–H groups in total. The Morgan fingerprint density at radius 2 is 1.57 bits per heavy atom. The number of hydrogen-bond donors (Lipinski definition) is 0. The molecule has 2 aliphatic heterocycles. The fourth-order valence-electron chi connectivity index (χ4n) is 5.13. The minimum Gasteiger partial charge on any atom is -0.755 e. The van der Waals surface area contributed by atoms with Crippen molar-refractivity contribution >= 4 is 45.6 Å². The highest BCUT2D eigenvalue weighted by Gasteiger charge is 2.35. The summed E-state index contributed by atoms with van der Waals surface area (Å²) in [7, 11) is 0. The van der Waals surface area contributed by atoms with E-state index in [-0.39, 0.29) is 31.0 Å². The molecule has 0 spiro atoms. The van der Waals surface area contributed by atoms with E-state index in [0.717, 1.165) is 10.9 Å². The van der Waals surface area contributed by atoms with Gasteiger partial charge in [0, 0.05) is 35.8 Å². The van der Waals surface area contributed by atoms with E-state index >= 15 is 0 Å². The molecule has 3 aromatic carbocycles. The van der Waals surface area contributed by atoms with Crippen LogP contribution in [0.3, 0.4) is 0 Å². The second-order valence-electron chi connectivity index (χ2n) is 8.99. The molecule has 2 aliphatic rings. The molecular weight excluding hydrogens is 494 g/mol. The lowest BCUT2D eigenvalue weighted by Gasteiger charge is -2.40. The molecule has 0 bridgehead atoms. The number of likely N-dealkylation sites (tertiary alicyclic amines) is 1. The highest BCUT2D eigenvalue weighted by Crippen LogP contribution is 2.35. The maximum atomic E-state index is 12.9. The first kappa shape index (κ1) is 24.9. The highest BCUT2D eigenvalue weighted by molar-refractivity contribution is 7.80. The summed E-state index contributed by atoms with van der Waals surface area (Å²) < 4.78 is 31.4. The van der Waals surface area contributed by atoms with Gasteiger partial charge in [0.1, 0.15) is 0 Å². The van der Waals surface area contributed by atoms with Crippen LogP contribution in [0.15, 0.2) is 60.7 Å². The molecule has 1 atom stereocenters. The standard InChI is InChI=1S/C27H27N3O6S/c1-2-36-27(33)28-15-13-19(14-16-28)30(37(34)35)24-12-11-18(20-7-3-4-8-21(20)24)17-29-25(31)22-9-5-6-10-23(22)26(29)32/h3-12,19H,2,13-17H2,1H3,(H,34,35)/p-1. The number of carbonyl (C=O) groups excluding carboxylic acids is 3. The topological polar surface area (TPSA) is 110 Å². The van der Waals surface area contributed by atoms with Crippen molar-refractivity contribution in [1.29, 1.82) is 0 Å². The van der Waals surface area contributed by atoms with Crippen LogP contribution in [0.4, 0.5) is 10.5 Å². The molecule has 3 aromatic rings. The van der Waals surface area contributed by atoms with E-state index in [1.54, 1.807) is 48.2 Å². The number of piperidine rings is 1. The van der Waals surface area contributed by atoms with Gasteiger partial charge in [-0.1, -0.05) is 42.5 Å². The van der Waals surface area contributed by atoms with Crippen molar-refractivity contribution in [2.45, 2.75) is 32.4 Å². The quantitative estimate of drug-likeness (QED) is 0.361. The van der Waals surface area contributed by atoms with E-state index < -0.39 is 17.4 Å². The molecule has 1 unspecified atom stereocenters. The molecule has 0 aliphatic carbocycles. The Labute approximate surface area is 217 Å². The van der Waals surface area contributed by atoms with Crippen LogP contribution in [0.2, 0.25) is 0 Å². The van der Waals surface area contributed by atoms with Gasteiger partial charge in [0.2, 0.25) is 0 Å². The molecule has 5 rings (SSSR count). The van der Waals surface area contributed by atoms with Gasteiger partial charge in [0.05, 0.1) is 30.0 Å². The molecule has 37 heavy (non-hydrogen) atoms. The number of rotatable bonds is 6. The lowest BCUT2D eigenvalue weighted by Crippen LogP contribution is -2.47. The third-order valence-electron chi connectivity index (χ3n) is 6.92. The maximum absolute atomic E-state index is 12.9. The summed E-state index contributed by atoms with van der Waals surface area (Å²) >= 11 is -2.55. The number of fused-ring (bicyclic) bond motifs is 2. The number of carbonyl (C=O) groups is 3. The Kier molecular flexibility index (Phi) is 6.94. The average Bonchev–Trinajstić information content (AvgIpc) is 3.15. The van der Waals surface area contributed by atoms with Crippen molar-refractivity contribution in [3.63, 3.8) is 0 Å². The SMILES string of the molecule is CCOC(=O)N1CCC(N(c2ccc(CN3C(=O)c4ccccc4C3=O)c3ccccc23)S(=O)[O-])CC1. The van der Waals surface area contributed by atoms with E-state index in [2.05, 4.69) is 0 Å². The van der Waals surface area contributed by atoms with Crippen LogP contribution in [0, 0.1) is 0 Å². The van der Waals surface area contributed by atoms with Crippen molar-refractivity contribution in [1.82, 2.24) is 9.80 Å². The summed E-state index contributed by atoms with van der Waals surface area (Å²) in [5.74, 6) is -0.686. The Balaban J connectivity index is 1.44. The monoisotopic (exact) mass is 520 g/mol. The average molecular weight is 521 g/mol. The lowest BCUT2D eigenvalue weighted by molar-refractivity contribution is 0.0642. The Morgan fingerprint density at radius 3 is 2.16 bits per heavy atom. The van der Waals surface area contributed by atoms with E-state index in [1.807, 2.05) is 24.3 Å². The largest absolute Gasteiger partial charge is 0.755 e. The maximum Gasteiger partial charge on any atom is 0.409 e. The second-order valence-corrected chi connectivity index (χ2v) is 9.82. The minimum absolute atomic E-state index is 0.0749. The van der Waals surface area contributed by atoms with Gasteiger partial charge in [-0.05, 0) is 48.9 Å². The van der Waals surface area contributed by atoms with E-state index in [4.69, 9.17) is 4.74 Å². The zero-order valence-corrected chi connectivity index (χ0v) is 21.1. The molecule has 0 radical (unpaired) electrons. The number of anilines is 1. The van der Waals surface area contributed by atoms with Crippen molar-refractivity contribution in [3.8, 4) is 0 Å². The number of hydrogen-bond acceptors (Lipinski definition) is 6.